The van der Waals surface area contributed by atoms with Crippen molar-refractivity contribution in [2.24, 2.45) is 0 Å². The highest BCUT2D eigenvalue weighted by atomic mass is 35.5. The lowest BCUT2D eigenvalue weighted by Crippen LogP contribution is -1.93. The van der Waals surface area contributed by atoms with Gasteiger partial charge in [0.1, 0.15) is 0 Å². The predicted molar refractivity (Wildman–Crippen MR) is 69.6 cm³/mol. The van der Waals surface area contributed by atoms with Crippen molar-refractivity contribution in [2.75, 3.05) is 5.88 Å². The van der Waals surface area contributed by atoms with E-state index in [2.05, 4.69) is 4.98 Å². The Bertz CT molecular complexity index is 572. The van der Waals surface area contributed by atoms with Gasteiger partial charge >= 0.3 is 5.97 Å². The average Bonchev–Trinajstić information content (AvgIpc) is 2.72. The van der Waals surface area contributed by atoms with Crippen molar-refractivity contribution < 1.29 is 9.90 Å². The first-order valence-electron chi connectivity index (χ1n) is 5.29. The van der Waals surface area contributed by atoms with Crippen LogP contribution in [-0.4, -0.2) is 21.9 Å². The van der Waals surface area contributed by atoms with Crippen molar-refractivity contribution in [1.29, 1.82) is 0 Å². The Kier molecular flexibility index (Phi) is 3.49. The maximum absolute atomic E-state index is 11.0. The number of aromatic amines is 1. The van der Waals surface area contributed by atoms with Crippen molar-refractivity contribution in [3.05, 3.63) is 41.6 Å². The van der Waals surface area contributed by atoms with Gasteiger partial charge in [0.05, 0.1) is 5.56 Å². The molecule has 17 heavy (non-hydrogen) atoms. The van der Waals surface area contributed by atoms with Crippen LogP contribution in [0.4, 0.5) is 0 Å². The number of aromatic nitrogens is 1. The van der Waals surface area contributed by atoms with Crippen LogP contribution in [0.25, 0.3) is 17.0 Å². The highest BCUT2D eigenvalue weighted by Crippen LogP contribution is 2.20. The van der Waals surface area contributed by atoms with Crippen molar-refractivity contribution in [2.45, 2.75) is 6.42 Å². The van der Waals surface area contributed by atoms with Gasteiger partial charge in [0.25, 0.3) is 0 Å². The zero-order chi connectivity index (χ0) is 12.3. The third kappa shape index (κ3) is 2.50. The molecule has 0 aliphatic heterocycles. The minimum atomic E-state index is -0.918. The number of carbonyl (C=O) groups is 1. The number of fused-ring (bicyclic) bond motifs is 1. The highest BCUT2D eigenvalue weighted by molar-refractivity contribution is 6.17. The van der Waals surface area contributed by atoms with E-state index in [4.69, 9.17) is 16.7 Å². The standard InChI is InChI=1S/C13H12ClNO2/c14-6-2-1-3-9-4-5-12-10(7-9)11(8-15-12)13(16)17/h1,3-5,7-8,15H,2,6H2,(H,16,17). The summed E-state index contributed by atoms with van der Waals surface area (Å²) in [6, 6.07) is 5.68. The minimum absolute atomic E-state index is 0.299. The van der Waals surface area contributed by atoms with E-state index in [1.165, 1.54) is 6.20 Å². The largest absolute Gasteiger partial charge is 0.478 e. The quantitative estimate of drug-likeness (QED) is 0.815. The molecule has 0 aliphatic carbocycles. The molecule has 3 nitrogen and oxygen atoms in total. The minimum Gasteiger partial charge on any atom is -0.478 e. The molecule has 1 heterocycles. The molecule has 2 N–H and O–H groups in total. The molecule has 88 valence electrons. The second-order valence-electron chi connectivity index (χ2n) is 3.69. The average molecular weight is 250 g/mol. The maximum Gasteiger partial charge on any atom is 0.337 e. The molecule has 0 unspecified atom stereocenters. The number of nitrogens with one attached hydrogen (secondary N) is 1. The number of carboxylic acid groups (broad SMARTS) is 1. The smallest absolute Gasteiger partial charge is 0.337 e. The molecule has 0 radical (unpaired) electrons. The van der Waals surface area contributed by atoms with Crippen LogP contribution in [0.2, 0.25) is 0 Å². The Morgan fingerprint density at radius 3 is 3.00 bits per heavy atom. The van der Waals surface area contributed by atoms with Gasteiger partial charge in [-0.3, -0.25) is 0 Å². The zero-order valence-corrected chi connectivity index (χ0v) is 9.87. The monoisotopic (exact) mass is 249 g/mol. The van der Waals surface area contributed by atoms with Gasteiger partial charge in [0.2, 0.25) is 0 Å². The van der Waals surface area contributed by atoms with Crippen LogP contribution in [0.1, 0.15) is 22.3 Å². The second-order valence-corrected chi connectivity index (χ2v) is 4.07. The first kappa shape index (κ1) is 11.7. The van der Waals surface area contributed by atoms with Gasteiger partial charge in [-0.1, -0.05) is 18.2 Å². The number of carboxylic acids is 1. The summed E-state index contributed by atoms with van der Waals surface area (Å²) in [6.07, 6.45) is 6.24. The summed E-state index contributed by atoms with van der Waals surface area (Å²) in [4.78, 5) is 13.9. The first-order valence-corrected chi connectivity index (χ1v) is 5.83. The summed E-state index contributed by atoms with van der Waals surface area (Å²) in [6.45, 7) is 0. The number of halogens is 1. The summed E-state index contributed by atoms with van der Waals surface area (Å²) in [5.74, 6) is -0.332. The summed E-state index contributed by atoms with van der Waals surface area (Å²) in [5, 5.41) is 9.75. The Morgan fingerprint density at radius 2 is 2.29 bits per heavy atom. The van der Waals surface area contributed by atoms with Gasteiger partial charge in [0, 0.05) is 23.0 Å². The Morgan fingerprint density at radius 1 is 1.47 bits per heavy atom. The van der Waals surface area contributed by atoms with E-state index in [1.807, 2.05) is 30.4 Å². The molecule has 0 atom stereocenters. The van der Waals surface area contributed by atoms with Crippen molar-refractivity contribution in [3.63, 3.8) is 0 Å². The molecule has 0 fully saturated rings. The van der Waals surface area contributed by atoms with Crippen molar-refractivity contribution >= 4 is 34.5 Å². The predicted octanol–water partition coefficient (Wildman–Crippen LogP) is 3.51. The van der Waals surface area contributed by atoms with E-state index in [-0.39, 0.29) is 0 Å². The molecule has 0 aliphatic rings. The van der Waals surface area contributed by atoms with Crippen LogP contribution in [0.3, 0.4) is 0 Å². The number of hydrogen-bond donors (Lipinski definition) is 2. The van der Waals surface area contributed by atoms with Gasteiger partial charge in [-0.2, -0.15) is 0 Å². The lowest BCUT2D eigenvalue weighted by Gasteiger charge is -1.96. The fourth-order valence-electron chi connectivity index (χ4n) is 1.70. The normalized spacial score (nSPS) is 11.4. The van der Waals surface area contributed by atoms with E-state index in [0.717, 1.165) is 22.9 Å². The number of rotatable bonds is 4. The summed E-state index contributed by atoms with van der Waals surface area (Å²) in [5.41, 5.74) is 2.11. The Hall–Kier alpha value is -1.74. The van der Waals surface area contributed by atoms with Gasteiger partial charge in [-0.05, 0) is 24.1 Å². The van der Waals surface area contributed by atoms with E-state index in [1.54, 1.807) is 0 Å². The van der Waals surface area contributed by atoms with Crippen LogP contribution in [0.15, 0.2) is 30.5 Å². The molecule has 0 amide bonds. The van der Waals surface area contributed by atoms with Crippen LogP contribution >= 0.6 is 11.6 Å². The molecule has 0 bridgehead atoms. The SMILES string of the molecule is O=C(O)c1c[nH]c2ccc(C=CCCCl)cc12. The lowest BCUT2D eigenvalue weighted by molar-refractivity contribution is 0.0699. The van der Waals surface area contributed by atoms with Gasteiger partial charge in [-0.25, -0.2) is 4.79 Å². The molecule has 4 heteroatoms. The molecular formula is C13H12ClNO2. The molecule has 1 aromatic carbocycles. The van der Waals surface area contributed by atoms with E-state index in [9.17, 15) is 4.79 Å². The van der Waals surface area contributed by atoms with E-state index < -0.39 is 5.97 Å². The van der Waals surface area contributed by atoms with Crippen LogP contribution in [-0.2, 0) is 0 Å². The number of aromatic carboxylic acids is 1. The van der Waals surface area contributed by atoms with Crippen LogP contribution in [0, 0.1) is 0 Å². The topological polar surface area (TPSA) is 53.1 Å². The molecule has 2 rings (SSSR count). The summed E-state index contributed by atoms with van der Waals surface area (Å²) < 4.78 is 0. The zero-order valence-electron chi connectivity index (χ0n) is 9.11. The molecule has 2 aromatic rings. The summed E-state index contributed by atoms with van der Waals surface area (Å²) in [7, 11) is 0. The Balaban J connectivity index is 2.41. The number of allylic oxidation sites excluding steroid dienone is 1. The number of H-pyrrole nitrogens is 1. The third-order valence-corrected chi connectivity index (χ3v) is 2.74. The second kappa shape index (κ2) is 5.06. The van der Waals surface area contributed by atoms with Gasteiger partial charge in [-0.15, -0.1) is 11.6 Å². The molecule has 0 saturated heterocycles. The molecule has 0 spiro atoms. The fraction of sp³-hybridized carbons (Fsp3) is 0.154. The van der Waals surface area contributed by atoms with Gasteiger partial charge < -0.3 is 10.1 Å². The Labute approximate surface area is 104 Å². The van der Waals surface area contributed by atoms with E-state index >= 15 is 0 Å². The number of benzene rings is 1. The number of hydrogen-bond acceptors (Lipinski definition) is 1. The van der Waals surface area contributed by atoms with Gasteiger partial charge in [0.15, 0.2) is 0 Å². The van der Waals surface area contributed by atoms with Crippen LogP contribution in [0.5, 0.6) is 0 Å². The molecule has 0 saturated carbocycles. The van der Waals surface area contributed by atoms with Crippen LogP contribution < -0.4 is 0 Å². The fourth-order valence-corrected chi connectivity index (χ4v) is 1.83. The lowest BCUT2D eigenvalue weighted by atomic mass is 10.1. The third-order valence-electron chi connectivity index (χ3n) is 2.52. The van der Waals surface area contributed by atoms with Crippen molar-refractivity contribution in [3.8, 4) is 0 Å². The highest BCUT2D eigenvalue weighted by Gasteiger charge is 2.09. The van der Waals surface area contributed by atoms with E-state index in [0.29, 0.717) is 11.4 Å². The molecular weight excluding hydrogens is 238 g/mol. The molecule has 1 aromatic heterocycles. The van der Waals surface area contributed by atoms with Crippen molar-refractivity contribution in [1.82, 2.24) is 4.98 Å². The first-order chi connectivity index (χ1) is 8.22. The number of alkyl halides is 1. The maximum atomic E-state index is 11.0. The summed E-state index contributed by atoms with van der Waals surface area (Å²) >= 11 is 5.58.